The number of phosphoric acid groups is 2. The molecule has 103 heavy (non-hydrogen) atoms. The minimum atomic E-state index is -4.93. The number of unbranched alkanes of at least 4 members (excludes halogenated alkanes) is 31. The predicted octanol–water partition coefficient (Wildman–Crippen LogP) is 23.9. The summed E-state index contributed by atoms with van der Waals surface area (Å²) in [5.74, 6) is -1.59. The zero-order valence-corrected chi connectivity index (χ0v) is 66.5. The molecule has 5 unspecified atom stereocenters. The quantitative estimate of drug-likeness (QED) is 0.0146. The number of rotatable bonds is 76. The third-order valence-corrected chi connectivity index (χ3v) is 18.7. The van der Waals surface area contributed by atoms with Crippen LogP contribution in [0.5, 0.6) is 0 Å². The second kappa shape index (κ2) is 77.3. The molecule has 0 radical (unpaired) electrons. The van der Waals surface area contributed by atoms with E-state index in [4.69, 9.17) is 32.3 Å². The Bertz CT molecular complexity index is 2410. The predicted molar refractivity (Wildman–Crippen MR) is 426 cm³/mol. The average Bonchev–Trinajstić information content (AvgIpc) is 0.914. The number of aliphatic hydroxyl groups excluding tert-OH is 2. The van der Waals surface area contributed by atoms with Crippen LogP contribution >= 0.6 is 15.6 Å². The highest BCUT2D eigenvalue weighted by molar-refractivity contribution is 7.47. The molecule has 592 valence electrons. The van der Waals surface area contributed by atoms with Crippen LogP contribution in [0.25, 0.3) is 0 Å². The minimum Gasteiger partial charge on any atom is -0.463 e. The molecule has 0 aromatic rings. The molecule has 0 aromatic carbocycles. The van der Waals surface area contributed by atoms with Gasteiger partial charge in [-0.15, -0.1) is 0 Å². The van der Waals surface area contributed by atoms with Crippen molar-refractivity contribution in [2.75, 3.05) is 39.6 Å². The summed E-state index contributed by atoms with van der Waals surface area (Å²) in [4.78, 5) is 58.6. The Morgan fingerprint density at radius 1 is 0.282 bits per heavy atom. The summed E-state index contributed by atoms with van der Waals surface area (Å²) in [6.07, 6.45) is 93.6. The fraction of sp³-hybridized carbons (Fsp3) is 0.706. The summed E-state index contributed by atoms with van der Waals surface area (Å²) < 4.78 is 61.1. The third-order valence-electron chi connectivity index (χ3n) is 16.8. The van der Waals surface area contributed by atoms with E-state index < -0.39 is 91.5 Å². The molecule has 0 spiro atoms. The Hall–Kier alpha value is -4.31. The van der Waals surface area contributed by atoms with Gasteiger partial charge in [0.1, 0.15) is 25.4 Å². The van der Waals surface area contributed by atoms with E-state index in [9.17, 15) is 43.5 Å². The standard InChI is InChI=1S/C85H146O16P2/c1-4-7-10-13-16-19-22-25-27-29-31-33-35-36-37-38-39-40-41-42-44-46-47-49-51-54-56-59-62-65-68-71-83(88)95-74-80(86)75-97-102(91,92)98-76-81(87)77-99-103(93,94)100-79-82(101-85(90)73-70-67-64-61-58-53-24-21-18-15-12-9-6-3)78-96-84(89)72-69-66-63-60-57-55-52-50-48-45-43-34-32-30-28-26-23-20-17-14-11-8-5-2/h7-8,10-11,16-17,19-21,24-28,31-34,36-37,45,48,80-82,86-87H,4-6,9,12-15,18,22-23,29-30,35,38-44,46-47,49-79H2,1-3H3,(H,91,92)(H,93,94)/b10-7-,11-8-,19-16-,20-17-,24-21-,27-25-,28-26-,33-31-,34-32-,37-36-,48-45-. The van der Waals surface area contributed by atoms with Crippen LogP contribution in [0.4, 0.5) is 0 Å². The van der Waals surface area contributed by atoms with E-state index in [0.717, 1.165) is 167 Å². The van der Waals surface area contributed by atoms with Gasteiger partial charge in [0.2, 0.25) is 0 Å². The number of carbonyl (C=O) groups excluding carboxylic acids is 3. The van der Waals surface area contributed by atoms with Gasteiger partial charge in [-0.3, -0.25) is 32.5 Å². The maximum atomic E-state index is 12.9. The first-order valence-electron chi connectivity index (χ1n) is 40.5. The van der Waals surface area contributed by atoms with Crippen molar-refractivity contribution >= 4 is 33.6 Å². The van der Waals surface area contributed by atoms with E-state index in [1.165, 1.54) is 103 Å². The van der Waals surface area contributed by atoms with Crippen LogP contribution in [-0.2, 0) is 55.8 Å². The Morgan fingerprint density at radius 2 is 0.515 bits per heavy atom. The number of hydrogen-bond donors (Lipinski definition) is 4. The van der Waals surface area contributed by atoms with Crippen LogP contribution in [0.15, 0.2) is 134 Å². The molecule has 16 nitrogen and oxygen atoms in total. The van der Waals surface area contributed by atoms with Crippen molar-refractivity contribution in [2.45, 2.75) is 347 Å². The lowest BCUT2D eigenvalue weighted by Gasteiger charge is -2.21. The van der Waals surface area contributed by atoms with Gasteiger partial charge in [0.05, 0.1) is 26.4 Å². The molecule has 0 rings (SSSR count). The van der Waals surface area contributed by atoms with Crippen LogP contribution in [0.3, 0.4) is 0 Å². The van der Waals surface area contributed by atoms with Crippen LogP contribution in [0.2, 0.25) is 0 Å². The van der Waals surface area contributed by atoms with Crippen molar-refractivity contribution in [2.24, 2.45) is 0 Å². The van der Waals surface area contributed by atoms with Crippen molar-refractivity contribution in [3.63, 3.8) is 0 Å². The Balaban J connectivity index is 4.46. The maximum absolute atomic E-state index is 12.9. The van der Waals surface area contributed by atoms with Crippen molar-refractivity contribution in [1.29, 1.82) is 0 Å². The molecule has 0 amide bonds. The Labute approximate surface area is 626 Å². The fourth-order valence-electron chi connectivity index (χ4n) is 10.7. The normalized spacial score (nSPS) is 14.7. The van der Waals surface area contributed by atoms with E-state index in [2.05, 4.69) is 154 Å². The number of hydrogen-bond acceptors (Lipinski definition) is 14. The van der Waals surface area contributed by atoms with Gasteiger partial charge in [-0.2, -0.15) is 0 Å². The van der Waals surface area contributed by atoms with E-state index in [-0.39, 0.29) is 19.3 Å². The molecule has 5 atom stereocenters. The molecule has 0 aliphatic rings. The van der Waals surface area contributed by atoms with Crippen molar-refractivity contribution in [1.82, 2.24) is 0 Å². The molecule has 4 N–H and O–H groups in total. The maximum Gasteiger partial charge on any atom is 0.472 e. The number of esters is 3. The van der Waals surface area contributed by atoms with Gasteiger partial charge in [0, 0.05) is 19.3 Å². The highest BCUT2D eigenvalue weighted by Crippen LogP contribution is 2.45. The topological polar surface area (TPSA) is 231 Å². The summed E-state index contributed by atoms with van der Waals surface area (Å²) in [7, 11) is -9.79. The molecule has 0 aliphatic heterocycles. The summed E-state index contributed by atoms with van der Waals surface area (Å²) in [6, 6.07) is 0. The average molecular weight is 1490 g/mol. The zero-order chi connectivity index (χ0) is 75.2. The van der Waals surface area contributed by atoms with Gasteiger partial charge in [-0.25, -0.2) is 9.13 Å². The molecule has 0 saturated heterocycles. The Morgan fingerprint density at radius 3 is 0.825 bits per heavy atom. The number of allylic oxidation sites excluding steroid dienone is 22. The van der Waals surface area contributed by atoms with E-state index >= 15 is 0 Å². The molecular formula is C85H146O16P2. The minimum absolute atomic E-state index is 0.0902. The first-order valence-corrected chi connectivity index (χ1v) is 43.5. The summed E-state index contributed by atoms with van der Waals surface area (Å²) >= 11 is 0. The molecule has 0 aliphatic carbocycles. The zero-order valence-electron chi connectivity index (χ0n) is 64.7. The van der Waals surface area contributed by atoms with Gasteiger partial charge >= 0.3 is 33.6 Å². The molecule has 18 heteroatoms. The first kappa shape index (κ1) is 98.7. The largest absolute Gasteiger partial charge is 0.472 e. The summed E-state index contributed by atoms with van der Waals surface area (Å²) in [5.41, 5.74) is 0. The molecule has 0 heterocycles. The lowest BCUT2D eigenvalue weighted by Crippen LogP contribution is -2.30. The van der Waals surface area contributed by atoms with Crippen LogP contribution < -0.4 is 0 Å². The lowest BCUT2D eigenvalue weighted by atomic mass is 10.0. The second-order valence-corrected chi connectivity index (χ2v) is 29.7. The van der Waals surface area contributed by atoms with Crippen LogP contribution in [-0.4, -0.2) is 95.9 Å². The third kappa shape index (κ3) is 78.6. The second-order valence-electron chi connectivity index (χ2n) is 26.8. The number of phosphoric ester groups is 2. The summed E-state index contributed by atoms with van der Waals surface area (Å²) in [6.45, 7) is 2.43. The monoisotopic (exact) mass is 1490 g/mol. The summed E-state index contributed by atoms with van der Waals surface area (Å²) in [5, 5.41) is 20.6. The molecule has 0 bridgehead atoms. The van der Waals surface area contributed by atoms with Crippen molar-refractivity contribution in [3.8, 4) is 0 Å². The molecule has 0 aromatic heterocycles. The number of aliphatic hydroxyl groups is 2. The smallest absolute Gasteiger partial charge is 0.463 e. The molecule has 0 saturated carbocycles. The van der Waals surface area contributed by atoms with E-state index in [1.807, 2.05) is 0 Å². The van der Waals surface area contributed by atoms with Gasteiger partial charge in [-0.1, -0.05) is 309 Å². The van der Waals surface area contributed by atoms with E-state index in [1.54, 1.807) is 0 Å². The lowest BCUT2D eigenvalue weighted by molar-refractivity contribution is -0.161. The Kier molecular flexibility index (Phi) is 74.1. The molecular weight excluding hydrogens is 1340 g/mol. The molecule has 0 fully saturated rings. The first-order chi connectivity index (χ1) is 50.2. The van der Waals surface area contributed by atoms with E-state index in [0.29, 0.717) is 19.3 Å². The van der Waals surface area contributed by atoms with Crippen LogP contribution in [0.1, 0.15) is 329 Å². The highest BCUT2D eigenvalue weighted by atomic mass is 31.2. The number of ether oxygens (including phenoxy) is 3. The van der Waals surface area contributed by atoms with Crippen molar-refractivity contribution in [3.05, 3.63) is 134 Å². The fourth-order valence-corrected chi connectivity index (χ4v) is 12.3. The highest BCUT2D eigenvalue weighted by Gasteiger charge is 2.29. The van der Waals surface area contributed by atoms with Gasteiger partial charge in [0.15, 0.2) is 6.10 Å². The van der Waals surface area contributed by atoms with Gasteiger partial charge in [0.25, 0.3) is 0 Å². The van der Waals surface area contributed by atoms with Crippen LogP contribution in [0, 0.1) is 0 Å². The SMILES string of the molecule is CC/C=C\C/C=C\C/C=C\C/C=C\C/C=C\CCCCCCCCCCCCCCCCCC(=O)OCC(O)COP(=O)(O)OCC(O)COP(=O)(O)OCC(COC(=O)CCCCCCCCC/C=C\C/C=C\C/C=C\C/C=C\C/C=C\CC)OC(=O)CCCCCCC/C=C\CCCCCC. The van der Waals surface area contributed by atoms with Crippen molar-refractivity contribution < 1.29 is 75.8 Å². The number of carbonyl (C=O) groups is 3. The van der Waals surface area contributed by atoms with Gasteiger partial charge in [-0.05, 0) is 135 Å². The van der Waals surface area contributed by atoms with Gasteiger partial charge < -0.3 is 34.2 Å².